The molecule has 0 bridgehead atoms. The van der Waals surface area contributed by atoms with Crippen LogP contribution in [0.2, 0.25) is 0 Å². The van der Waals surface area contributed by atoms with Gasteiger partial charge in [-0.2, -0.15) is 0 Å². The van der Waals surface area contributed by atoms with Crippen molar-refractivity contribution in [3.63, 3.8) is 0 Å². The van der Waals surface area contributed by atoms with Crippen LogP contribution in [0, 0.1) is 0 Å². The summed E-state index contributed by atoms with van der Waals surface area (Å²) in [7, 11) is 0. The van der Waals surface area contributed by atoms with Crippen molar-refractivity contribution in [3.05, 3.63) is 48.0 Å². The lowest BCUT2D eigenvalue weighted by Gasteiger charge is -2.07. The number of carbonyl (C=O) groups excluding carboxylic acids is 1. The van der Waals surface area contributed by atoms with Gasteiger partial charge in [0.1, 0.15) is 0 Å². The van der Waals surface area contributed by atoms with Crippen molar-refractivity contribution in [1.29, 1.82) is 0 Å². The number of carbonyl (C=O) groups is 1. The average Bonchev–Trinajstić information content (AvgIpc) is 2.71. The fraction of sp³-hybridized carbons (Fsp3) is 0.640. The average molecular weight is 387 g/mol. The topological polar surface area (TPSA) is 41.1 Å². The van der Waals surface area contributed by atoms with Crippen LogP contribution in [-0.4, -0.2) is 5.91 Å². The van der Waals surface area contributed by atoms with Crippen LogP contribution in [0.4, 0.5) is 0 Å². The first kappa shape index (κ1) is 24.4. The second-order valence-corrected chi connectivity index (χ2v) is 7.72. The molecule has 0 spiro atoms. The first-order valence-electron chi connectivity index (χ1n) is 11.5. The van der Waals surface area contributed by atoms with Crippen LogP contribution in [0.5, 0.6) is 0 Å². The van der Waals surface area contributed by atoms with Crippen LogP contribution in [0.15, 0.2) is 42.5 Å². The summed E-state index contributed by atoms with van der Waals surface area (Å²) < 4.78 is 0. The van der Waals surface area contributed by atoms with Crippen molar-refractivity contribution >= 4 is 5.91 Å². The summed E-state index contributed by atoms with van der Waals surface area (Å²) in [6, 6.07) is 10.1. The summed E-state index contributed by atoms with van der Waals surface area (Å²) in [6.45, 7) is 2.93. The van der Waals surface area contributed by atoms with E-state index in [2.05, 4.69) is 29.9 Å². The predicted molar refractivity (Wildman–Crippen MR) is 121 cm³/mol. The minimum Gasteiger partial charge on any atom is -0.291 e. The minimum atomic E-state index is 0.0913. The molecular formula is C25H42N2O. The highest BCUT2D eigenvalue weighted by atomic mass is 16.2. The molecule has 1 aromatic carbocycles. The molecule has 0 aliphatic heterocycles. The van der Waals surface area contributed by atoms with Crippen molar-refractivity contribution in [2.24, 2.45) is 0 Å². The number of nitrogens with one attached hydrogen (secondary N) is 2. The van der Waals surface area contributed by atoms with Gasteiger partial charge in [-0.3, -0.25) is 10.2 Å². The third-order valence-corrected chi connectivity index (χ3v) is 5.03. The molecule has 0 atom stereocenters. The van der Waals surface area contributed by atoms with E-state index >= 15 is 0 Å². The lowest BCUT2D eigenvalue weighted by Crippen LogP contribution is -2.36. The van der Waals surface area contributed by atoms with Crippen LogP contribution in [0.1, 0.15) is 102 Å². The zero-order chi connectivity index (χ0) is 20.1. The van der Waals surface area contributed by atoms with Gasteiger partial charge in [0.25, 0.3) is 0 Å². The Bertz CT molecular complexity index is 499. The van der Waals surface area contributed by atoms with Gasteiger partial charge < -0.3 is 0 Å². The molecule has 0 saturated heterocycles. The van der Waals surface area contributed by atoms with Gasteiger partial charge >= 0.3 is 0 Å². The zero-order valence-corrected chi connectivity index (χ0v) is 18.1. The molecule has 2 N–H and O–H groups in total. The Labute approximate surface area is 173 Å². The molecule has 158 valence electrons. The Morgan fingerprint density at radius 1 is 0.786 bits per heavy atom. The molecular weight excluding hydrogens is 344 g/mol. The second-order valence-electron chi connectivity index (χ2n) is 7.72. The maximum atomic E-state index is 11.8. The third-order valence-electron chi connectivity index (χ3n) is 5.03. The van der Waals surface area contributed by atoms with Crippen LogP contribution in [0.25, 0.3) is 0 Å². The molecule has 0 heterocycles. The van der Waals surface area contributed by atoms with Gasteiger partial charge in [-0.25, -0.2) is 5.43 Å². The Kier molecular flexibility index (Phi) is 16.3. The standard InChI is InChI=1S/C25H42N2O/c1-2-3-4-5-6-7-8-9-10-11-12-13-14-15-19-22-25(28)27-26-23-24-20-17-16-18-21-24/h9-10,16-18,20-21,26H,2-8,11-15,19,22-23H2,1H3,(H,27,28). The first-order chi connectivity index (χ1) is 13.8. The molecule has 0 aliphatic carbocycles. The Morgan fingerprint density at radius 3 is 2.00 bits per heavy atom. The molecule has 0 saturated carbocycles. The molecule has 3 nitrogen and oxygen atoms in total. The largest absolute Gasteiger partial charge is 0.291 e. The Hall–Kier alpha value is -1.61. The van der Waals surface area contributed by atoms with E-state index in [0.717, 1.165) is 12.8 Å². The SMILES string of the molecule is CCCCCCCCC=CCCCCCCCC(=O)NNCc1ccccc1. The number of unbranched alkanes of at least 4 members (excludes halogenated alkanes) is 11. The maximum Gasteiger partial charge on any atom is 0.234 e. The van der Waals surface area contributed by atoms with Gasteiger partial charge in [0.05, 0.1) is 0 Å². The van der Waals surface area contributed by atoms with E-state index in [1.807, 2.05) is 30.3 Å². The van der Waals surface area contributed by atoms with Gasteiger partial charge in [0.15, 0.2) is 0 Å². The second kappa shape index (κ2) is 18.7. The number of benzene rings is 1. The number of hydrogen-bond acceptors (Lipinski definition) is 2. The maximum absolute atomic E-state index is 11.8. The molecule has 1 rings (SSSR count). The summed E-state index contributed by atoms with van der Waals surface area (Å²) in [5.41, 5.74) is 6.95. The van der Waals surface area contributed by atoms with Gasteiger partial charge in [0.2, 0.25) is 5.91 Å². The van der Waals surface area contributed by atoms with E-state index in [1.165, 1.54) is 76.2 Å². The molecule has 3 heteroatoms. The van der Waals surface area contributed by atoms with Crippen molar-refractivity contribution in [2.75, 3.05) is 0 Å². The highest BCUT2D eigenvalue weighted by Crippen LogP contribution is 2.09. The van der Waals surface area contributed by atoms with E-state index in [-0.39, 0.29) is 5.91 Å². The normalized spacial score (nSPS) is 11.2. The number of allylic oxidation sites excluding steroid dienone is 2. The first-order valence-corrected chi connectivity index (χ1v) is 11.5. The zero-order valence-electron chi connectivity index (χ0n) is 18.1. The van der Waals surface area contributed by atoms with Crippen molar-refractivity contribution in [1.82, 2.24) is 10.9 Å². The van der Waals surface area contributed by atoms with Crippen LogP contribution >= 0.6 is 0 Å². The molecule has 0 radical (unpaired) electrons. The summed E-state index contributed by atoms with van der Waals surface area (Å²) in [5.74, 6) is 0.0913. The third kappa shape index (κ3) is 15.4. The molecule has 28 heavy (non-hydrogen) atoms. The van der Waals surface area contributed by atoms with Crippen molar-refractivity contribution in [3.8, 4) is 0 Å². The summed E-state index contributed by atoms with van der Waals surface area (Å²) in [4.78, 5) is 11.8. The summed E-state index contributed by atoms with van der Waals surface area (Å²) in [5, 5.41) is 0. The van der Waals surface area contributed by atoms with Gasteiger partial charge in [0, 0.05) is 13.0 Å². The fourth-order valence-corrected chi connectivity index (χ4v) is 3.26. The van der Waals surface area contributed by atoms with E-state index in [4.69, 9.17) is 0 Å². The fourth-order valence-electron chi connectivity index (χ4n) is 3.26. The van der Waals surface area contributed by atoms with Gasteiger partial charge in [-0.05, 0) is 37.7 Å². The lowest BCUT2D eigenvalue weighted by atomic mass is 10.1. The molecule has 0 aliphatic rings. The lowest BCUT2D eigenvalue weighted by molar-refractivity contribution is -0.122. The van der Waals surface area contributed by atoms with Crippen LogP contribution in [0.3, 0.4) is 0 Å². The molecule has 1 aromatic rings. The predicted octanol–water partition coefficient (Wildman–Crippen LogP) is 6.84. The van der Waals surface area contributed by atoms with Crippen molar-refractivity contribution < 1.29 is 4.79 Å². The molecule has 0 aromatic heterocycles. The molecule has 1 amide bonds. The van der Waals surface area contributed by atoms with Gasteiger partial charge in [-0.15, -0.1) is 0 Å². The van der Waals surface area contributed by atoms with E-state index in [0.29, 0.717) is 13.0 Å². The molecule has 0 fully saturated rings. The smallest absolute Gasteiger partial charge is 0.234 e. The van der Waals surface area contributed by atoms with Gasteiger partial charge in [-0.1, -0.05) is 101 Å². The highest BCUT2D eigenvalue weighted by molar-refractivity contribution is 5.75. The minimum absolute atomic E-state index is 0.0913. The summed E-state index contributed by atoms with van der Waals surface area (Å²) in [6.07, 6.45) is 22.0. The van der Waals surface area contributed by atoms with Crippen molar-refractivity contribution in [2.45, 2.75) is 103 Å². The van der Waals surface area contributed by atoms with E-state index in [1.54, 1.807) is 0 Å². The number of amides is 1. The quantitative estimate of drug-likeness (QED) is 0.165. The Balaban J connectivity index is 1.81. The van der Waals surface area contributed by atoms with Crippen LogP contribution in [-0.2, 0) is 11.3 Å². The number of hydrazine groups is 1. The van der Waals surface area contributed by atoms with Crippen LogP contribution < -0.4 is 10.9 Å². The molecule has 0 unspecified atom stereocenters. The number of rotatable bonds is 18. The Morgan fingerprint density at radius 2 is 1.36 bits per heavy atom. The summed E-state index contributed by atoms with van der Waals surface area (Å²) >= 11 is 0. The van der Waals surface area contributed by atoms with E-state index < -0.39 is 0 Å². The number of hydrogen-bond donors (Lipinski definition) is 2. The highest BCUT2D eigenvalue weighted by Gasteiger charge is 2.00. The van der Waals surface area contributed by atoms with E-state index in [9.17, 15) is 4.79 Å². The monoisotopic (exact) mass is 386 g/mol.